The quantitative estimate of drug-likeness (QED) is 0.531. The Morgan fingerprint density at radius 2 is 2.00 bits per heavy atom. The van der Waals surface area contributed by atoms with Gasteiger partial charge in [-0.15, -0.1) is 0 Å². The molecule has 2 fully saturated rings. The van der Waals surface area contributed by atoms with E-state index in [4.69, 9.17) is 14.2 Å². The second-order valence-electron chi connectivity index (χ2n) is 8.49. The Bertz CT molecular complexity index is 726. The number of carbonyl (C=O) groups excluding carboxylic acids is 1. The molecule has 0 unspecified atom stereocenters. The molecule has 8 nitrogen and oxygen atoms in total. The van der Waals surface area contributed by atoms with Gasteiger partial charge in [0.25, 0.3) is 0 Å². The van der Waals surface area contributed by atoms with Crippen LogP contribution in [0.1, 0.15) is 52.0 Å². The van der Waals surface area contributed by atoms with Crippen molar-refractivity contribution in [3.8, 4) is 5.75 Å². The lowest BCUT2D eigenvalue weighted by molar-refractivity contribution is -0.386. The van der Waals surface area contributed by atoms with Crippen molar-refractivity contribution >= 4 is 11.8 Å². The summed E-state index contributed by atoms with van der Waals surface area (Å²) < 4.78 is 16.7. The molecule has 0 radical (unpaired) electrons. The number of benzene rings is 1. The molecule has 1 amide bonds. The van der Waals surface area contributed by atoms with Gasteiger partial charge in [-0.1, -0.05) is 6.07 Å². The first-order valence-electron chi connectivity index (χ1n) is 9.72. The molecule has 0 heterocycles. The Balaban J connectivity index is 1.51. The molecule has 1 N–H and O–H groups in total. The molecule has 2 saturated carbocycles. The van der Waals surface area contributed by atoms with E-state index >= 15 is 0 Å². The molecule has 154 valence electrons. The molecular formula is C20H28N2O6. The average molecular weight is 392 g/mol. The Morgan fingerprint density at radius 3 is 2.57 bits per heavy atom. The van der Waals surface area contributed by atoms with E-state index in [0.29, 0.717) is 23.8 Å². The lowest BCUT2D eigenvalue weighted by Crippen LogP contribution is -2.52. The minimum atomic E-state index is -0.549. The van der Waals surface area contributed by atoms with Gasteiger partial charge in [-0.05, 0) is 64.0 Å². The number of nitro benzene ring substituents is 1. The number of hydrogen-bond donors (Lipinski definition) is 1. The lowest BCUT2D eigenvalue weighted by atomic mass is 9.89. The molecule has 0 saturated heterocycles. The van der Waals surface area contributed by atoms with Gasteiger partial charge in [0.05, 0.1) is 30.3 Å². The largest absolute Gasteiger partial charge is 0.487 e. The molecule has 1 aromatic rings. The van der Waals surface area contributed by atoms with Crippen molar-refractivity contribution in [2.24, 2.45) is 5.92 Å². The summed E-state index contributed by atoms with van der Waals surface area (Å²) in [5.74, 6) is 0.824. The molecule has 2 aliphatic carbocycles. The Morgan fingerprint density at radius 1 is 1.25 bits per heavy atom. The minimum Gasteiger partial charge on any atom is -0.487 e. The summed E-state index contributed by atoms with van der Waals surface area (Å²) in [6.45, 7) is 6.20. The predicted octanol–water partition coefficient (Wildman–Crippen LogP) is 3.96. The molecule has 1 aromatic carbocycles. The molecule has 2 atom stereocenters. The van der Waals surface area contributed by atoms with Crippen molar-refractivity contribution in [1.29, 1.82) is 0 Å². The molecular weight excluding hydrogens is 364 g/mol. The van der Waals surface area contributed by atoms with Crippen LogP contribution in [0.15, 0.2) is 18.2 Å². The number of alkyl carbamates (subject to hydrolysis) is 1. The van der Waals surface area contributed by atoms with Gasteiger partial charge < -0.3 is 19.5 Å². The number of carbonyl (C=O) groups is 1. The summed E-state index contributed by atoms with van der Waals surface area (Å²) in [5, 5.41) is 14.2. The normalized spacial score (nSPS) is 21.5. The third kappa shape index (κ3) is 5.82. The van der Waals surface area contributed by atoms with Gasteiger partial charge in [-0.25, -0.2) is 4.79 Å². The zero-order valence-electron chi connectivity index (χ0n) is 16.6. The van der Waals surface area contributed by atoms with E-state index in [1.54, 1.807) is 12.1 Å². The topological polar surface area (TPSA) is 99.9 Å². The second kappa shape index (κ2) is 8.34. The highest BCUT2D eigenvalue weighted by atomic mass is 16.6. The Hall–Kier alpha value is -2.35. The first-order chi connectivity index (χ1) is 13.2. The number of ether oxygens (including phenoxy) is 3. The summed E-state index contributed by atoms with van der Waals surface area (Å²) >= 11 is 0. The summed E-state index contributed by atoms with van der Waals surface area (Å²) in [4.78, 5) is 22.8. The average Bonchev–Trinajstić information content (AvgIpc) is 3.40. The van der Waals surface area contributed by atoms with E-state index in [9.17, 15) is 14.9 Å². The van der Waals surface area contributed by atoms with Gasteiger partial charge in [0.2, 0.25) is 0 Å². The van der Waals surface area contributed by atoms with Gasteiger partial charge >= 0.3 is 11.8 Å². The van der Waals surface area contributed by atoms with E-state index in [1.165, 1.54) is 6.07 Å². The van der Waals surface area contributed by atoms with Crippen molar-refractivity contribution in [2.75, 3.05) is 6.61 Å². The molecule has 2 aliphatic rings. The Kier molecular flexibility index (Phi) is 6.07. The summed E-state index contributed by atoms with van der Waals surface area (Å²) in [6, 6.07) is 4.81. The first-order valence-corrected chi connectivity index (χ1v) is 9.72. The number of nitrogens with one attached hydrogen (secondary N) is 1. The molecule has 0 aliphatic heterocycles. The van der Waals surface area contributed by atoms with Crippen molar-refractivity contribution in [3.63, 3.8) is 0 Å². The predicted molar refractivity (Wildman–Crippen MR) is 102 cm³/mol. The fraction of sp³-hybridized carbons (Fsp3) is 0.650. The van der Waals surface area contributed by atoms with Crippen LogP contribution in [-0.4, -0.2) is 35.4 Å². The standard InChI is InChI=1S/C20H28N2O6/c1-20(2,3)28-19(23)21-15-7-9-17(15)26-12-14-6-8-18(16(10-14)22(24)25)27-11-13-4-5-13/h6,8,10,13,15,17H,4-5,7,9,11-12H2,1-3H3,(H,21,23)/t15-,17-/m1/s1. The van der Waals surface area contributed by atoms with Crippen LogP contribution < -0.4 is 10.1 Å². The molecule has 0 bridgehead atoms. The highest BCUT2D eigenvalue weighted by Crippen LogP contribution is 2.33. The van der Waals surface area contributed by atoms with Crippen LogP contribution in [0.25, 0.3) is 0 Å². The van der Waals surface area contributed by atoms with Gasteiger partial charge in [0.1, 0.15) is 5.60 Å². The highest BCUT2D eigenvalue weighted by Gasteiger charge is 2.34. The smallest absolute Gasteiger partial charge is 0.407 e. The highest BCUT2D eigenvalue weighted by molar-refractivity contribution is 5.68. The molecule has 28 heavy (non-hydrogen) atoms. The van der Waals surface area contributed by atoms with Crippen LogP contribution in [0, 0.1) is 16.0 Å². The number of nitro groups is 1. The van der Waals surface area contributed by atoms with Crippen molar-refractivity contribution in [2.45, 2.75) is 70.8 Å². The van der Waals surface area contributed by atoms with Crippen LogP contribution in [0.2, 0.25) is 0 Å². The van der Waals surface area contributed by atoms with Crippen LogP contribution in [0.3, 0.4) is 0 Å². The summed E-state index contributed by atoms with van der Waals surface area (Å²) in [7, 11) is 0. The number of hydrogen-bond acceptors (Lipinski definition) is 6. The Labute approximate surface area is 164 Å². The van der Waals surface area contributed by atoms with E-state index in [-0.39, 0.29) is 24.4 Å². The fourth-order valence-corrected chi connectivity index (χ4v) is 2.91. The maximum Gasteiger partial charge on any atom is 0.407 e. The second-order valence-corrected chi connectivity index (χ2v) is 8.49. The van der Waals surface area contributed by atoms with Crippen LogP contribution in [-0.2, 0) is 16.1 Å². The van der Waals surface area contributed by atoms with Crippen LogP contribution in [0.4, 0.5) is 10.5 Å². The fourth-order valence-electron chi connectivity index (χ4n) is 2.91. The van der Waals surface area contributed by atoms with Gasteiger partial charge in [0.15, 0.2) is 5.75 Å². The third-order valence-electron chi connectivity index (χ3n) is 4.77. The summed E-state index contributed by atoms with van der Waals surface area (Å²) in [5.41, 5.74) is 0.110. The number of nitrogens with zero attached hydrogens (tertiary/aromatic N) is 1. The van der Waals surface area contributed by atoms with E-state index in [1.807, 2.05) is 20.8 Å². The molecule has 8 heteroatoms. The SMILES string of the molecule is CC(C)(C)OC(=O)N[C@@H]1CC[C@H]1OCc1ccc(OCC2CC2)c([N+](=O)[O-])c1. The number of amides is 1. The monoisotopic (exact) mass is 392 g/mol. The maximum absolute atomic E-state index is 11.9. The van der Waals surface area contributed by atoms with Gasteiger partial charge in [-0.3, -0.25) is 10.1 Å². The molecule has 3 rings (SSSR count). The first kappa shape index (κ1) is 20.4. The minimum absolute atomic E-state index is 0.0428. The van der Waals surface area contributed by atoms with Gasteiger partial charge in [0, 0.05) is 6.07 Å². The molecule has 0 spiro atoms. The zero-order valence-corrected chi connectivity index (χ0v) is 16.6. The van der Waals surface area contributed by atoms with Crippen LogP contribution >= 0.6 is 0 Å². The van der Waals surface area contributed by atoms with Crippen molar-refractivity contribution in [3.05, 3.63) is 33.9 Å². The van der Waals surface area contributed by atoms with E-state index in [2.05, 4.69) is 5.32 Å². The maximum atomic E-state index is 11.9. The van der Waals surface area contributed by atoms with Crippen molar-refractivity contribution < 1.29 is 23.9 Å². The summed E-state index contributed by atoms with van der Waals surface area (Å²) in [6.07, 6.45) is 3.30. The van der Waals surface area contributed by atoms with Gasteiger partial charge in [-0.2, -0.15) is 0 Å². The molecule has 0 aromatic heterocycles. The third-order valence-corrected chi connectivity index (χ3v) is 4.77. The number of rotatable bonds is 8. The van der Waals surface area contributed by atoms with Crippen molar-refractivity contribution in [1.82, 2.24) is 5.32 Å². The zero-order chi connectivity index (χ0) is 20.3. The lowest BCUT2D eigenvalue weighted by Gasteiger charge is -2.37. The van der Waals surface area contributed by atoms with E-state index in [0.717, 1.165) is 25.7 Å². The van der Waals surface area contributed by atoms with E-state index < -0.39 is 16.6 Å². The van der Waals surface area contributed by atoms with Crippen LogP contribution in [0.5, 0.6) is 5.75 Å².